The van der Waals surface area contributed by atoms with Crippen molar-refractivity contribution >= 4 is 28.5 Å². The van der Waals surface area contributed by atoms with Crippen LogP contribution in [-0.4, -0.2) is 22.6 Å². The number of carbonyl (C=O) groups is 3. The number of nitrogens with one attached hydrogen (secondary N) is 2. The summed E-state index contributed by atoms with van der Waals surface area (Å²) >= 11 is 0. The van der Waals surface area contributed by atoms with E-state index in [9.17, 15) is 14.4 Å². The number of hydrazine groups is 1. The molecule has 2 aromatic carbocycles. The van der Waals surface area contributed by atoms with Crippen LogP contribution in [0, 0.1) is 0 Å². The van der Waals surface area contributed by atoms with Crippen molar-refractivity contribution in [3.8, 4) is 0 Å². The molecule has 0 bridgehead atoms. The van der Waals surface area contributed by atoms with E-state index in [0.717, 1.165) is 5.39 Å². The van der Waals surface area contributed by atoms with Crippen LogP contribution in [0.25, 0.3) is 10.9 Å². The van der Waals surface area contributed by atoms with E-state index in [1.165, 1.54) is 0 Å². The van der Waals surface area contributed by atoms with Gasteiger partial charge in [-0.15, -0.1) is 0 Å². The number of hydrogen-bond donors (Lipinski definition) is 2. The monoisotopic (exact) mass is 347 g/mol. The zero-order chi connectivity index (χ0) is 18.4. The summed E-state index contributed by atoms with van der Waals surface area (Å²) in [5.41, 5.74) is 6.07. The lowest BCUT2D eigenvalue weighted by Gasteiger charge is -2.07. The quantitative estimate of drug-likeness (QED) is 0.549. The van der Waals surface area contributed by atoms with Crippen LogP contribution in [0.15, 0.2) is 66.7 Å². The lowest BCUT2D eigenvalue weighted by molar-refractivity contribution is -0.121. The van der Waals surface area contributed by atoms with Gasteiger partial charge >= 0.3 is 0 Å². The highest BCUT2D eigenvalue weighted by Gasteiger charge is 2.11. The average molecular weight is 347 g/mol. The lowest BCUT2D eigenvalue weighted by Crippen LogP contribution is -2.42. The van der Waals surface area contributed by atoms with Gasteiger partial charge in [-0.05, 0) is 12.1 Å². The number of para-hydroxylation sites is 1. The van der Waals surface area contributed by atoms with E-state index in [0.29, 0.717) is 11.1 Å². The number of rotatable bonds is 5. The molecule has 0 saturated carbocycles. The second kappa shape index (κ2) is 8.02. The molecule has 3 aromatic rings. The summed E-state index contributed by atoms with van der Waals surface area (Å²) in [4.78, 5) is 40.1. The Balaban J connectivity index is 1.50. The molecule has 2 amide bonds. The first kappa shape index (κ1) is 17.3. The van der Waals surface area contributed by atoms with Gasteiger partial charge in [-0.1, -0.05) is 54.6 Å². The molecule has 0 aliphatic heterocycles. The summed E-state index contributed by atoms with van der Waals surface area (Å²) in [5.74, 6) is -1.08. The Bertz CT molecular complexity index is 955. The number of nitrogens with zero attached hydrogens (tertiary/aromatic N) is 1. The minimum atomic E-state index is -0.515. The van der Waals surface area contributed by atoms with Gasteiger partial charge in [0.2, 0.25) is 5.91 Å². The molecule has 6 nitrogen and oxygen atoms in total. The molecule has 0 saturated heterocycles. The van der Waals surface area contributed by atoms with Crippen LogP contribution in [-0.2, 0) is 4.79 Å². The number of Topliss-reactive ketones (excluding diaryl/α,β-unsaturated/α-hetero) is 1. The zero-order valence-corrected chi connectivity index (χ0v) is 13.9. The standard InChI is InChI=1S/C20H17N3O3/c24-18(15-7-2-1-3-8-15)12-13-19(25)22-23-20(26)17-11-10-14-6-4-5-9-16(14)21-17/h1-11H,12-13H2,(H,22,25)(H,23,26). The molecule has 0 aliphatic rings. The number of hydrogen-bond acceptors (Lipinski definition) is 4. The molecule has 1 aromatic heterocycles. The van der Waals surface area contributed by atoms with E-state index in [2.05, 4.69) is 15.8 Å². The molecular formula is C20H17N3O3. The van der Waals surface area contributed by atoms with Gasteiger partial charge in [-0.3, -0.25) is 25.2 Å². The van der Waals surface area contributed by atoms with Gasteiger partial charge in [-0.25, -0.2) is 4.98 Å². The topological polar surface area (TPSA) is 88.2 Å². The fourth-order valence-electron chi connectivity index (χ4n) is 2.44. The Morgan fingerprint density at radius 3 is 2.31 bits per heavy atom. The summed E-state index contributed by atoms with van der Waals surface area (Å²) in [7, 11) is 0. The maximum Gasteiger partial charge on any atom is 0.288 e. The highest BCUT2D eigenvalue weighted by molar-refractivity contribution is 5.99. The van der Waals surface area contributed by atoms with Gasteiger partial charge in [0.15, 0.2) is 5.78 Å². The minimum absolute atomic E-state index is 0.0147. The Morgan fingerprint density at radius 1 is 0.769 bits per heavy atom. The summed E-state index contributed by atoms with van der Waals surface area (Å²) in [6.45, 7) is 0. The Hall–Kier alpha value is -3.54. The van der Waals surface area contributed by atoms with Crippen molar-refractivity contribution in [1.29, 1.82) is 0 Å². The SMILES string of the molecule is O=C(CCC(=O)c1ccccc1)NNC(=O)c1ccc2ccccc2n1. The molecule has 6 heteroatoms. The molecule has 26 heavy (non-hydrogen) atoms. The first-order chi connectivity index (χ1) is 12.6. The van der Waals surface area contributed by atoms with E-state index in [1.807, 2.05) is 24.3 Å². The molecule has 0 spiro atoms. The molecule has 3 rings (SSSR count). The number of pyridine rings is 1. The number of benzene rings is 2. The number of ketones is 1. The Labute approximate surface area is 150 Å². The van der Waals surface area contributed by atoms with E-state index >= 15 is 0 Å². The van der Waals surface area contributed by atoms with Crippen molar-refractivity contribution in [1.82, 2.24) is 15.8 Å². The minimum Gasteiger partial charge on any atom is -0.294 e. The second-order valence-corrected chi connectivity index (χ2v) is 5.68. The second-order valence-electron chi connectivity index (χ2n) is 5.68. The predicted molar refractivity (Wildman–Crippen MR) is 97.4 cm³/mol. The van der Waals surface area contributed by atoms with Crippen molar-refractivity contribution in [2.75, 3.05) is 0 Å². The summed E-state index contributed by atoms with van der Waals surface area (Å²) < 4.78 is 0. The molecule has 0 unspecified atom stereocenters. The van der Waals surface area contributed by atoms with Gasteiger partial charge in [0.25, 0.3) is 5.91 Å². The fraction of sp³-hybridized carbons (Fsp3) is 0.100. The third-order valence-electron chi connectivity index (χ3n) is 3.82. The van der Waals surface area contributed by atoms with E-state index in [-0.39, 0.29) is 24.3 Å². The smallest absolute Gasteiger partial charge is 0.288 e. The zero-order valence-electron chi connectivity index (χ0n) is 13.9. The van der Waals surface area contributed by atoms with Crippen LogP contribution in [0.5, 0.6) is 0 Å². The van der Waals surface area contributed by atoms with Gasteiger partial charge in [0, 0.05) is 23.8 Å². The van der Waals surface area contributed by atoms with Crippen molar-refractivity contribution in [2.45, 2.75) is 12.8 Å². The maximum atomic E-state index is 12.1. The third-order valence-corrected chi connectivity index (χ3v) is 3.82. The molecule has 0 aliphatic carbocycles. The molecule has 2 N–H and O–H groups in total. The van der Waals surface area contributed by atoms with Crippen LogP contribution >= 0.6 is 0 Å². The normalized spacial score (nSPS) is 10.3. The number of aromatic nitrogens is 1. The molecule has 130 valence electrons. The third kappa shape index (κ3) is 4.30. The Morgan fingerprint density at radius 2 is 1.50 bits per heavy atom. The molecule has 1 heterocycles. The maximum absolute atomic E-state index is 12.1. The summed E-state index contributed by atoms with van der Waals surface area (Å²) in [5, 5.41) is 0.924. The van der Waals surface area contributed by atoms with E-state index < -0.39 is 11.8 Å². The summed E-state index contributed by atoms with van der Waals surface area (Å²) in [6.07, 6.45) is 0.0547. The van der Waals surface area contributed by atoms with Crippen molar-refractivity contribution in [3.63, 3.8) is 0 Å². The highest BCUT2D eigenvalue weighted by atomic mass is 16.2. The van der Waals surface area contributed by atoms with Crippen LogP contribution in [0.4, 0.5) is 0 Å². The summed E-state index contributed by atoms with van der Waals surface area (Å²) in [6, 6.07) is 19.6. The van der Waals surface area contributed by atoms with E-state index in [4.69, 9.17) is 0 Å². The highest BCUT2D eigenvalue weighted by Crippen LogP contribution is 2.11. The largest absolute Gasteiger partial charge is 0.294 e. The van der Waals surface area contributed by atoms with Crippen molar-refractivity contribution in [2.24, 2.45) is 0 Å². The van der Waals surface area contributed by atoms with Crippen LogP contribution in [0.1, 0.15) is 33.7 Å². The van der Waals surface area contributed by atoms with Crippen molar-refractivity contribution in [3.05, 3.63) is 78.0 Å². The lowest BCUT2D eigenvalue weighted by atomic mass is 10.1. The first-order valence-electron chi connectivity index (χ1n) is 8.17. The van der Waals surface area contributed by atoms with Gasteiger partial charge in [-0.2, -0.15) is 0 Å². The van der Waals surface area contributed by atoms with Gasteiger partial charge < -0.3 is 0 Å². The van der Waals surface area contributed by atoms with Gasteiger partial charge in [0.05, 0.1) is 5.52 Å². The molecule has 0 fully saturated rings. The average Bonchev–Trinajstić information content (AvgIpc) is 2.70. The Kier molecular flexibility index (Phi) is 5.34. The number of fused-ring (bicyclic) bond motifs is 1. The fourth-order valence-corrected chi connectivity index (χ4v) is 2.44. The molecule has 0 radical (unpaired) electrons. The first-order valence-corrected chi connectivity index (χ1v) is 8.17. The van der Waals surface area contributed by atoms with Crippen LogP contribution < -0.4 is 10.9 Å². The number of amides is 2. The van der Waals surface area contributed by atoms with Crippen LogP contribution in [0.2, 0.25) is 0 Å². The molecular weight excluding hydrogens is 330 g/mol. The molecule has 0 atom stereocenters. The van der Waals surface area contributed by atoms with E-state index in [1.54, 1.807) is 42.5 Å². The van der Waals surface area contributed by atoms with Crippen molar-refractivity contribution < 1.29 is 14.4 Å². The predicted octanol–water partition coefficient (Wildman–Crippen LogP) is 2.66. The van der Waals surface area contributed by atoms with Crippen LogP contribution in [0.3, 0.4) is 0 Å². The number of carbonyl (C=O) groups excluding carboxylic acids is 3. The van der Waals surface area contributed by atoms with Gasteiger partial charge in [0.1, 0.15) is 5.69 Å².